The molecule has 16 heavy (non-hydrogen) atoms. The standard InChI is InChI=1S/C14H26O2/c1-3-5-6-7-8-9-10-11-12-13(4-2)14(15)16/h8-9,13H,3-7,10-12H2,1-2H3,(H,15,16)/b9-8+. The predicted octanol–water partition coefficient (Wildman–Crippen LogP) is 4.40. The zero-order chi connectivity index (χ0) is 12.2. The average molecular weight is 226 g/mol. The molecule has 0 aliphatic carbocycles. The van der Waals surface area contributed by atoms with Gasteiger partial charge in [0.1, 0.15) is 0 Å². The van der Waals surface area contributed by atoms with Crippen LogP contribution in [0.5, 0.6) is 0 Å². The lowest BCUT2D eigenvalue weighted by Crippen LogP contribution is -2.11. The highest BCUT2D eigenvalue weighted by molar-refractivity contribution is 5.69. The monoisotopic (exact) mass is 226 g/mol. The Labute approximate surface area is 99.7 Å². The molecule has 0 aromatic rings. The first-order chi connectivity index (χ1) is 7.72. The third-order valence-electron chi connectivity index (χ3n) is 2.91. The van der Waals surface area contributed by atoms with Crippen LogP contribution in [-0.2, 0) is 4.79 Å². The largest absolute Gasteiger partial charge is 0.481 e. The molecule has 0 rings (SSSR count). The van der Waals surface area contributed by atoms with E-state index in [-0.39, 0.29) is 5.92 Å². The second-order valence-corrected chi connectivity index (χ2v) is 4.34. The van der Waals surface area contributed by atoms with Crippen LogP contribution in [0.15, 0.2) is 12.2 Å². The van der Waals surface area contributed by atoms with E-state index in [0.717, 1.165) is 25.7 Å². The zero-order valence-corrected chi connectivity index (χ0v) is 10.7. The van der Waals surface area contributed by atoms with E-state index in [1.54, 1.807) is 0 Å². The van der Waals surface area contributed by atoms with Gasteiger partial charge in [-0.15, -0.1) is 0 Å². The Bertz CT molecular complexity index is 197. The Morgan fingerprint density at radius 3 is 2.25 bits per heavy atom. The molecule has 0 spiro atoms. The SMILES string of the molecule is CCCCC/C=C/CCCC(CC)C(=O)O. The highest BCUT2D eigenvalue weighted by Crippen LogP contribution is 2.13. The van der Waals surface area contributed by atoms with Crippen LogP contribution in [0.1, 0.15) is 65.2 Å². The van der Waals surface area contributed by atoms with E-state index in [1.807, 2.05) is 6.92 Å². The fourth-order valence-corrected chi connectivity index (χ4v) is 1.73. The molecular weight excluding hydrogens is 200 g/mol. The maximum atomic E-state index is 10.8. The maximum absolute atomic E-state index is 10.8. The van der Waals surface area contributed by atoms with Crippen LogP contribution in [0.2, 0.25) is 0 Å². The summed E-state index contributed by atoms with van der Waals surface area (Å²) < 4.78 is 0. The summed E-state index contributed by atoms with van der Waals surface area (Å²) in [4.78, 5) is 10.8. The molecule has 0 aliphatic heterocycles. The number of hydrogen-bond donors (Lipinski definition) is 1. The normalized spacial score (nSPS) is 13.1. The van der Waals surface area contributed by atoms with Crippen molar-refractivity contribution in [2.45, 2.75) is 65.2 Å². The van der Waals surface area contributed by atoms with Crippen molar-refractivity contribution < 1.29 is 9.90 Å². The van der Waals surface area contributed by atoms with Crippen LogP contribution in [0.3, 0.4) is 0 Å². The lowest BCUT2D eigenvalue weighted by atomic mass is 9.99. The smallest absolute Gasteiger partial charge is 0.306 e. The van der Waals surface area contributed by atoms with E-state index < -0.39 is 5.97 Å². The molecule has 0 bridgehead atoms. The molecule has 0 radical (unpaired) electrons. The Hall–Kier alpha value is -0.790. The molecule has 1 atom stereocenters. The van der Waals surface area contributed by atoms with Crippen molar-refractivity contribution in [2.24, 2.45) is 5.92 Å². The minimum absolute atomic E-state index is 0.145. The summed E-state index contributed by atoms with van der Waals surface area (Å²) in [5.74, 6) is -0.789. The summed E-state index contributed by atoms with van der Waals surface area (Å²) in [6.45, 7) is 4.15. The van der Waals surface area contributed by atoms with Gasteiger partial charge in [-0.2, -0.15) is 0 Å². The molecule has 0 aliphatic rings. The van der Waals surface area contributed by atoms with Gasteiger partial charge in [-0.1, -0.05) is 38.8 Å². The molecule has 0 saturated heterocycles. The van der Waals surface area contributed by atoms with Crippen LogP contribution >= 0.6 is 0 Å². The van der Waals surface area contributed by atoms with Gasteiger partial charge in [0.15, 0.2) is 0 Å². The van der Waals surface area contributed by atoms with Crippen LogP contribution in [0, 0.1) is 5.92 Å². The third-order valence-corrected chi connectivity index (χ3v) is 2.91. The summed E-state index contributed by atoms with van der Waals surface area (Å²) in [5.41, 5.74) is 0. The van der Waals surface area contributed by atoms with E-state index in [1.165, 1.54) is 25.7 Å². The second kappa shape index (κ2) is 10.7. The van der Waals surface area contributed by atoms with Crippen molar-refractivity contribution >= 4 is 5.97 Å². The third kappa shape index (κ3) is 8.51. The molecule has 2 heteroatoms. The van der Waals surface area contributed by atoms with E-state index in [0.29, 0.717) is 0 Å². The summed E-state index contributed by atoms with van der Waals surface area (Å²) in [5, 5.41) is 8.86. The van der Waals surface area contributed by atoms with Gasteiger partial charge < -0.3 is 5.11 Å². The Balaban J connectivity index is 3.40. The van der Waals surface area contributed by atoms with Crippen molar-refractivity contribution in [2.75, 3.05) is 0 Å². The van der Waals surface area contributed by atoms with Crippen LogP contribution < -0.4 is 0 Å². The lowest BCUT2D eigenvalue weighted by molar-refractivity contribution is -0.142. The first-order valence-corrected chi connectivity index (χ1v) is 6.60. The van der Waals surface area contributed by atoms with Crippen LogP contribution in [-0.4, -0.2) is 11.1 Å². The second-order valence-electron chi connectivity index (χ2n) is 4.34. The Kier molecular flexibility index (Phi) is 10.2. The molecular formula is C14H26O2. The minimum atomic E-state index is -0.644. The van der Waals surface area contributed by atoms with Gasteiger partial charge in [-0.25, -0.2) is 0 Å². The number of unbranched alkanes of at least 4 members (excludes halogenated alkanes) is 4. The molecule has 0 aromatic carbocycles. The van der Waals surface area contributed by atoms with Gasteiger partial charge in [-0.3, -0.25) is 4.79 Å². The van der Waals surface area contributed by atoms with E-state index in [9.17, 15) is 4.79 Å². The van der Waals surface area contributed by atoms with E-state index >= 15 is 0 Å². The van der Waals surface area contributed by atoms with Crippen LogP contribution in [0.25, 0.3) is 0 Å². The van der Waals surface area contributed by atoms with E-state index in [4.69, 9.17) is 5.11 Å². The Morgan fingerprint density at radius 2 is 1.75 bits per heavy atom. The molecule has 0 saturated carbocycles. The molecule has 0 amide bonds. The summed E-state index contributed by atoms with van der Waals surface area (Å²) in [6, 6.07) is 0. The number of carboxylic acids is 1. The van der Waals surface area contributed by atoms with Gasteiger partial charge in [0.25, 0.3) is 0 Å². The minimum Gasteiger partial charge on any atom is -0.481 e. The van der Waals surface area contributed by atoms with Crippen molar-refractivity contribution in [3.05, 3.63) is 12.2 Å². The molecule has 1 unspecified atom stereocenters. The number of rotatable bonds is 10. The molecule has 2 nitrogen and oxygen atoms in total. The van der Waals surface area contributed by atoms with Gasteiger partial charge >= 0.3 is 5.97 Å². The first-order valence-electron chi connectivity index (χ1n) is 6.60. The lowest BCUT2D eigenvalue weighted by Gasteiger charge is -2.07. The number of carboxylic acid groups (broad SMARTS) is 1. The quantitative estimate of drug-likeness (QED) is 0.442. The summed E-state index contributed by atoms with van der Waals surface area (Å²) in [7, 11) is 0. The van der Waals surface area contributed by atoms with Crippen molar-refractivity contribution in [3.8, 4) is 0 Å². The van der Waals surface area contributed by atoms with E-state index in [2.05, 4.69) is 19.1 Å². The predicted molar refractivity (Wildman–Crippen MR) is 68.5 cm³/mol. The highest BCUT2D eigenvalue weighted by atomic mass is 16.4. The fraction of sp³-hybridized carbons (Fsp3) is 0.786. The Morgan fingerprint density at radius 1 is 1.12 bits per heavy atom. The molecule has 1 N–H and O–H groups in total. The number of aliphatic carboxylic acids is 1. The van der Waals surface area contributed by atoms with Gasteiger partial charge in [0.05, 0.1) is 5.92 Å². The first kappa shape index (κ1) is 15.2. The highest BCUT2D eigenvalue weighted by Gasteiger charge is 2.13. The number of hydrogen-bond acceptors (Lipinski definition) is 1. The van der Waals surface area contributed by atoms with Crippen molar-refractivity contribution in [1.29, 1.82) is 0 Å². The zero-order valence-electron chi connectivity index (χ0n) is 10.7. The number of allylic oxidation sites excluding steroid dienone is 2. The van der Waals surface area contributed by atoms with Crippen molar-refractivity contribution in [3.63, 3.8) is 0 Å². The topological polar surface area (TPSA) is 37.3 Å². The summed E-state index contributed by atoms with van der Waals surface area (Å²) in [6.07, 6.45) is 13.0. The van der Waals surface area contributed by atoms with Gasteiger partial charge in [0, 0.05) is 0 Å². The van der Waals surface area contributed by atoms with Gasteiger partial charge in [-0.05, 0) is 38.5 Å². The summed E-state index contributed by atoms with van der Waals surface area (Å²) >= 11 is 0. The molecule has 0 fully saturated rings. The molecule has 94 valence electrons. The molecule has 0 heterocycles. The maximum Gasteiger partial charge on any atom is 0.306 e. The van der Waals surface area contributed by atoms with Crippen LogP contribution in [0.4, 0.5) is 0 Å². The molecule has 0 aromatic heterocycles. The number of carbonyl (C=O) groups is 1. The fourth-order valence-electron chi connectivity index (χ4n) is 1.73. The average Bonchev–Trinajstić information content (AvgIpc) is 2.26. The van der Waals surface area contributed by atoms with Crippen molar-refractivity contribution in [1.82, 2.24) is 0 Å². The van der Waals surface area contributed by atoms with Gasteiger partial charge in [0.2, 0.25) is 0 Å².